The molecule has 1 fully saturated rings. The Hall–Kier alpha value is -2.71. The monoisotopic (exact) mass is 516 g/mol. The summed E-state index contributed by atoms with van der Waals surface area (Å²) >= 11 is 8.78. The van der Waals surface area contributed by atoms with Gasteiger partial charge in [-0.15, -0.1) is 0 Å². The van der Waals surface area contributed by atoms with E-state index < -0.39 is 11.8 Å². The molecule has 0 bridgehead atoms. The van der Waals surface area contributed by atoms with Crippen LogP contribution in [0.25, 0.3) is 6.08 Å². The highest BCUT2D eigenvalue weighted by Crippen LogP contribution is 2.38. The largest absolute Gasteiger partial charge is 0.490 e. The van der Waals surface area contributed by atoms with Crippen LogP contribution in [-0.2, 0) is 9.59 Å². The lowest BCUT2D eigenvalue weighted by atomic mass is 10.0. The summed E-state index contributed by atoms with van der Waals surface area (Å²) in [5, 5.41) is 2.67. The standard InChI is InChI=1S/C24H25BrN2O4S/c1-5-30-20-13-15(12-19(25)21(20)31-6-2)11-18-22(28)26-24(32)27(23(18)29)17-9-7-16(8-10-17)14(3)4/h7-14H,5-6H2,1-4H3,(H,26,28,32)/b18-11+. The second kappa shape index (κ2) is 10.3. The van der Waals surface area contributed by atoms with Crippen LogP contribution in [-0.4, -0.2) is 30.1 Å². The molecule has 1 aliphatic heterocycles. The molecule has 0 saturated carbocycles. The smallest absolute Gasteiger partial charge is 0.270 e. The third-order valence-corrected chi connectivity index (χ3v) is 5.72. The maximum Gasteiger partial charge on any atom is 0.270 e. The number of carbonyl (C=O) groups excluding carboxylic acids is 2. The summed E-state index contributed by atoms with van der Waals surface area (Å²) in [6.45, 7) is 8.86. The fourth-order valence-corrected chi connectivity index (χ4v) is 4.14. The van der Waals surface area contributed by atoms with E-state index in [4.69, 9.17) is 21.7 Å². The van der Waals surface area contributed by atoms with Crippen LogP contribution >= 0.6 is 28.1 Å². The van der Waals surface area contributed by atoms with E-state index in [-0.39, 0.29) is 10.7 Å². The van der Waals surface area contributed by atoms with Gasteiger partial charge in [-0.1, -0.05) is 26.0 Å². The number of benzene rings is 2. The van der Waals surface area contributed by atoms with Crippen LogP contribution in [0.3, 0.4) is 0 Å². The lowest BCUT2D eigenvalue weighted by molar-refractivity contribution is -0.122. The molecule has 3 rings (SSSR count). The third-order valence-electron chi connectivity index (χ3n) is 4.85. The van der Waals surface area contributed by atoms with Gasteiger partial charge in [0.25, 0.3) is 11.8 Å². The molecule has 2 aromatic rings. The lowest BCUT2D eigenvalue weighted by Gasteiger charge is -2.29. The Morgan fingerprint density at radius 3 is 2.34 bits per heavy atom. The Labute approximate surface area is 201 Å². The number of nitrogens with one attached hydrogen (secondary N) is 1. The molecule has 1 N–H and O–H groups in total. The lowest BCUT2D eigenvalue weighted by Crippen LogP contribution is -2.54. The van der Waals surface area contributed by atoms with Crippen molar-refractivity contribution < 1.29 is 19.1 Å². The molecular weight excluding hydrogens is 492 g/mol. The number of halogens is 1. The predicted molar refractivity (Wildman–Crippen MR) is 133 cm³/mol. The third kappa shape index (κ3) is 5.02. The summed E-state index contributed by atoms with van der Waals surface area (Å²) in [5.41, 5.74) is 2.33. The van der Waals surface area contributed by atoms with E-state index in [0.29, 0.717) is 46.4 Å². The van der Waals surface area contributed by atoms with Crippen molar-refractivity contribution >= 4 is 56.8 Å². The summed E-state index contributed by atoms with van der Waals surface area (Å²) in [5.74, 6) is 0.428. The van der Waals surface area contributed by atoms with Gasteiger partial charge in [-0.05, 0) is 89.4 Å². The number of thiocarbonyl (C=S) groups is 1. The Morgan fingerprint density at radius 1 is 1.09 bits per heavy atom. The molecule has 2 aromatic carbocycles. The van der Waals surface area contributed by atoms with Crippen molar-refractivity contribution in [1.82, 2.24) is 5.32 Å². The van der Waals surface area contributed by atoms with Gasteiger partial charge in [0.05, 0.1) is 23.4 Å². The SMILES string of the molecule is CCOc1cc(/C=C2\C(=O)NC(=S)N(c3ccc(C(C)C)cc3)C2=O)cc(Br)c1OCC. The highest BCUT2D eigenvalue weighted by molar-refractivity contribution is 9.10. The normalized spacial score (nSPS) is 15.4. The van der Waals surface area contributed by atoms with E-state index in [1.165, 1.54) is 11.0 Å². The van der Waals surface area contributed by atoms with Crippen molar-refractivity contribution in [2.75, 3.05) is 18.1 Å². The Balaban J connectivity index is 2.00. The second-order valence-corrected chi connectivity index (χ2v) is 8.64. The molecule has 0 atom stereocenters. The number of hydrogen-bond acceptors (Lipinski definition) is 5. The van der Waals surface area contributed by atoms with Crippen molar-refractivity contribution in [2.24, 2.45) is 0 Å². The number of ether oxygens (including phenoxy) is 2. The fourth-order valence-electron chi connectivity index (χ4n) is 3.29. The van der Waals surface area contributed by atoms with E-state index in [9.17, 15) is 9.59 Å². The van der Waals surface area contributed by atoms with Crippen molar-refractivity contribution in [1.29, 1.82) is 0 Å². The maximum atomic E-state index is 13.3. The summed E-state index contributed by atoms with van der Waals surface area (Å²) < 4.78 is 12.0. The molecule has 0 aromatic heterocycles. The first-order valence-corrected chi connectivity index (χ1v) is 11.6. The van der Waals surface area contributed by atoms with Crippen molar-refractivity contribution in [3.63, 3.8) is 0 Å². The first-order valence-electron chi connectivity index (χ1n) is 10.4. The molecule has 1 saturated heterocycles. The van der Waals surface area contributed by atoms with Crippen LogP contribution in [0, 0.1) is 0 Å². The molecule has 1 heterocycles. The van der Waals surface area contributed by atoms with E-state index in [1.54, 1.807) is 12.1 Å². The van der Waals surface area contributed by atoms with Gasteiger partial charge in [0, 0.05) is 0 Å². The molecule has 168 valence electrons. The van der Waals surface area contributed by atoms with E-state index in [0.717, 1.165) is 5.56 Å². The zero-order chi connectivity index (χ0) is 23.4. The Kier molecular flexibility index (Phi) is 7.69. The van der Waals surface area contributed by atoms with Crippen LogP contribution in [0.5, 0.6) is 11.5 Å². The molecule has 8 heteroatoms. The topological polar surface area (TPSA) is 67.9 Å². The summed E-state index contributed by atoms with van der Waals surface area (Å²) in [6, 6.07) is 11.1. The average Bonchev–Trinajstić information content (AvgIpc) is 2.74. The number of rotatable bonds is 7. The minimum absolute atomic E-state index is 0.0231. The first kappa shape index (κ1) is 23.9. The van der Waals surface area contributed by atoms with E-state index in [1.807, 2.05) is 38.1 Å². The molecule has 6 nitrogen and oxygen atoms in total. The average molecular weight is 517 g/mol. The Morgan fingerprint density at radius 2 is 1.75 bits per heavy atom. The van der Waals surface area contributed by atoms with Crippen LogP contribution in [0.1, 0.15) is 44.7 Å². The van der Waals surface area contributed by atoms with Crippen LogP contribution in [0.4, 0.5) is 5.69 Å². The van der Waals surface area contributed by atoms with Crippen molar-refractivity contribution in [3.8, 4) is 11.5 Å². The van der Waals surface area contributed by atoms with Gasteiger partial charge in [-0.25, -0.2) is 0 Å². The zero-order valence-electron chi connectivity index (χ0n) is 18.4. The zero-order valence-corrected chi connectivity index (χ0v) is 20.8. The van der Waals surface area contributed by atoms with Gasteiger partial charge in [0.15, 0.2) is 16.6 Å². The molecule has 0 unspecified atom stereocenters. The minimum atomic E-state index is -0.544. The highest BCUT2D eigenvalue weighted by atomic mass is 79.9. The van der Waals surface area contributed by atoms with E-state index >= 15 is 0 Å². The molecule has 32 heavy (non-hydrogen) atoms. The van der Waals surface area contributed by atoms with Crippen LogP contribution in [0.2, 0.25) is 0 Å². The van der Waals surface area contributed by atoms with Crippen LogP contribution < -0.4 is 19.7 Å². The minimum Gasteiger partial charge on any atom is -0.490 e. The van der Waals surface area contributed by atoms with E-state index in [2.05, 4.69) is 35.1 Å². The summed E-state index contributed by atoms with van der Waals surface area (Å²) in [4.78, 5) is 27.2. The first-order chi connectivity index (χ1) is 15.3. The maximum absolute atomic E-state index is 13.3. The second-order valence-electron chi connectivity index (χ2n) is 7.40. The fraction of sp³-hybridized carbons (Fsp3) is 0.292. The molecule has 0 radical (unpaired) electrons. The number of amides is 2. The van der Waals surface area contributed by atoms with Gasteiger partial charge >= 0.3 is 0 Å². The van der Waals surface area contributed by atoms with Gasteiger partial charge in [0.1, 0.15) is 5.57 Å². The highest BCUT2D eigenvalue weighted by Gasteiger charge is 2.34. The number of hydrogen-bond donors (Lipinski definition) is 1. The molecular formula is C24H25BrN2O4S. The number of anilines is 1. The van der Waals surface area contributed by atoms with Gasteiger partial charge in [-0.3, -0.25) is 19.8 Å². The number of nitrogens with zero attached hydrogens (tertiary/aromatic N) is 1. The van der Waals surface area contributed by atoms with Crippen molar-refractivity contribution in [2.45, 2.75) is 33.6 Å². The van der Waals surface area contributed by atoms with Gasteiger partial charge in [0.2, 0.25) is 0 Å². The van der Waals surface area contributed by atoms with Gasteiger partial charge < -0.3 is 9.47 Å². The summed E-state index contributed by atoms with van der Waals surface area (Å²) in [7, 11) is 0. The Bertz CT molecular complexity index is 1080. The van der Waals surface area contributed by atoms with Crippen molar-refractivity contribution in [3.05, 3.63) is 57.6 Å². The molecule has 1 aliphatic rings. The molecule has 0 spiro atoms. The summed E-state index contributed by atoms with van der Waals surface area (Å²) in [6.07, 6.45) is 1.53. The van der Waals surface area contributed by atoms with Crippen LogP contribution in [0.15, 0.2) is 46.4 Å². The number of carbonyl (C=O) groups is 2. The van der Waals surface area contributed by atoms with Gasteiger partial charge in [-0.2, -0.15) is 0 Å². The quantitative estimate of drug-likeness (QED) is 0.311. The molecule has 2 amide bonds. The predicted octanol–water partition coefficient (Wildman–Crippen LogP) is 5.20. The molecule has 0 aliphatic carbocycles.